The van der Waals surface area contributed by atoms with E-state index in [0.717, 1.165) is 11.3 Å². The molecule has 0 spiro atoms. The minimum absolute atomic E-state index is 0.0850. The molecule has 2 aromatic rings. The lowest BCUT2D eigenvalue weighted by molar-refractivity contribution is -0.122. The molecule has 0 bridgehead atoms. The van der Waals surface area contributed by atoms with Crippen LogP contribution in [0.25, 0.3) is 0 Å². The van der Waals surface area contributed by atoms with Crippen LogP contribution in [0.5, 0.6) is 5.75 Å². The number of hydrogen-bond acceptors (Lipinski definition) is 3. The van der Waals surface area contributed by atoms with Crippen molar-refractivity contribution in [3.8, 4) is 5.75 Å². The van der Waals surface area contributed by atoms with Gasteiger partial charge in [0.05, 0.1) is 0 Å². The number of hydrogen-bond donors (Lipinski definition) is 1. The summed E-state index contributed by atoms with van der Waals surface area (Å²) in [5.41, 5.74) is 2.47. The summed E-state index contributed by atoms with van der Waals surface area (Å²) in [5.74, 6) is 0.427. The molecule has 0 aliphatic rings. The van der Waals surface area contributed by atoms with Crippen LogP contribution in [0, 0.1) is 6.92 Å². The fourth-order valence-electron chi connectivity index (χ4n) is 2.15. The molecule has 0 aromatic heterocycles. The van der Waals surface area contributed by atoms with E-state index in [0.29, 0.717) is 17.7 Å². The largest absolute Gasteiger partial charge is 0.481 e. The SMILES string of the molecule is CCC(=O)c1ccc(O[C@@H](C)C(=O)Nc2cccc(C)c2)cc1. The number of amides is 1. The van der Waals surface area contributed by atoms with Gasteiger partial charge in [0.15, 0.2) is 11.9 Å². The molecule has 1 amide bonds. The van der Waals surface area contributed by atoms with Crippen LogP contribution < -0.4 is 10.1 Å². The Kier molecular flexibility index (Phi) is 5.52. The first-order valence-electron chi connectivity index (χ1n) is 7.67. The molecule has 2 rings (SSSR count). The minimum atomic E-state index is -0.636. The van der Waals surface area contributed by atoms with E-state index in [1.165, 1.54) is 0 Å². The maximum atomic E-state index is 12.2. The van der Waals surface area contributed by atoms with Gasteiger partial charge in [-0.2, -0.15) is 0 Å². The number of carbonyl (C=O) groups is 2. The zero-order chi connectivity index (χ0) is 16.8. The van der Waals surface area contributed by atoms with Crippen molar-refractivity contribution in [3.05, 3.63) is 59.7 Å². The first kappa shape index (κ1) is 16.7. The number of benzene rings is 2. The predicted molar refractivity (Wildman–Crippen MR) is 91.0 cm³/mol. The van der Waals surface area contributed by atoms with E-state index in [1.54, 1.807) is 31.2 Å². The third-order valence-electron chi connectivity index (χ3n) is 3.47. The highest BCUT2D eigenvalue weighted by atomic mass is 16.5. The van der Waals surface area contributed by atoms with Gasteiger partial charge in [0.25, 0.3) is 5.91 Å². The topological polar surface area (TPSA) is 55.4 Å². The standard InChI is InChI=1S/C19H21NO3/c1-4-18(21)15-8-10-17(11-9-15)23-14(3)19(22)20-16-7-5-6-13(2)12-16/h5-12,14H,4H2,1-3H3,(H,20,22)/t14-/m0/s1. The van der Waals surface area contributed by atoms with Crippen molar-refractivity contribution in [2.45, 2.75) is 33.3 Å². The van der Waals surface area contributed by atoms with Crippen LogP contribution in [0.4, 0.5) is 5.69 Å². The number of rotatable bonds is 6. The Bertz CT molecular complexity index is 692. The number of anilines is 1. The minimum Gasteiger partial charge on any atom is -0.481 e. The molecular formula is C19H21NO3. The number of ether oxygens (including phenoxy) is 1. The number of Topliss-reactive ketones (excluding diaryl/α,β-unsaturated/α-hetero) is 1. The Morgan fingerprint density at radius 3 is 2.43 bits per heavy atom. The summed E-state index contributed by atoms with van der Waals surface area (Å²) in [6.07, 6.45) is -0.168. The van der Waals surface area contributed by atoms with Gasteiger partial charge in [-0.1, -0.05) is 19.1 Å². The molecule has 4 nitrogen and oxygen atoms in total. The van der Waals surface area contributed by atoms with Crippen molar-refractivity contribution in [1.82, 2.24) is 0 Å². The van der Waals surface area contributed by atoms with Crippen molar-refractivity contribution in [3.63, 3.8) is 0 Å². The summed E-state index contributed by atoms with van der Waals surface area (Å²) >= 11 is 0. The Morgan fingerprint density at radius 1 is 1.13 bits per heavy atom. The number of ketones is 1. The van der Waals surface area contributed by atoms with Gasteiger partial charge in [-0.25, -0.2) is 0 Å². The lowest BCUT2D eigenvalue weighted by atomic mass is 10.1. The van der Waals surface area contributed by atoms with Gasteiger partial charge >= 0.3 is 0 Å². The van der Waals surface area contributed by atoms with Crippen LogP contribution in [0.3, 0.4) is 0 Å². The maximum Gasteiger partial charge on any atom is 0.265 e. The van der Waals surface area contributed by atoms with Crippen molar-refractivity contribution < 1.29 is 14.3 Å². The van der Waals surface area contributed by atoms with Gasteiger partial charge < -0.3 is 10.1 Å². The zero-order valence-electron chi connectivity index (χ0n) is 13.6. The fraction of sp³-hybridized carbons (Fsp3) is 0.263. The maximum absolute atomic E-state index is 12.2. The molecule has 0 heterocycles. The molecule has 0 aliphatic carbocycles. The average molecular weight is 311 g/mol. The monoisotopic (exact) mass is 311 g/mol. The van der Waals surface area contributed by atoms with Gasteiger partial charge in [-0.15, -0.1) is 0 Å². The second kappa shape index (κ2) is 7.58. The second-order valence-electron chi connectivity index (χ2n) is 5.42. The van der Waals surface area contributed by atoms with Gasteiger partial charge in [-0.3, -0.25) is 9.59 Å². The van der Waals surface area contributed by atoms with Crippen LogP contribution in [-0.2, 0) is 4.79 Å². The molecule has 120 valence electrons. The molecule has 23 heavy (non-hydrogen) atoms. The van der Waals surface area contributed by atoms with Crippen LogP contribution in [0.2, 0.25) is 0 Å². The van der Waals surface area contributed by atoms with Crippen LogP contribution >= 0.6 is 0 Å². The summed E-state index contributed by atoms with van der Waals surface area (Å²) in [6.45, 7) is 5.48. The summed E-state index contributed by atoms with van der Waals surface area (Å²) in [5, 5.41) is 2.82. The van der Waals surface area contributed by atoms with E-state index >= 15 is 0 Å². The van der Waals surface area contributed by atoms with Gasteiger partial charge in [0.1, 0.15) is 5.75 Å². The fourth-order valence-corrected chi connectivity index (χ4v) is 2.15. The number of nitrogens with one attached hydrogen (secondary N) is 1. The smallest absolute Gasteiger partial charge is 0.265 e. The Hall–Kier alpha value is -2.62. The van der Waals surface area contributed by atoms with Crippen LogP contribution in [0.15, 0.2) is 48.5 Å². The van der Waals surface area contributed by atoms with Crippen molar-refractivity contribution in [2.75, 3.05) is 5.32 Å². The normalized spacial score (nSPS) is 11.6. The Morgan fingerprint density at radius 2 is 1.83 bits per heavy atom. The van der Waals surface area contributed by atoms with E-state index in [4.69, 9.17) is 4.74 Å². The van der Waals surface area contributed by atoms with Crippen molar-refractivity contribution in [2.24, 2.45) is 0 Å². The molecule has 0 aliphatic heterocycles. The highest BCUT2D eigenvalue weighted by Crippen LogP contribution is 2.16. The van der Waals surface area contributed by atoms with E-state index in [9.17, 15) is 9.59 Å². The molecular weight excluding hydrogens is 290 g/mol. The van der Waals surface area contributed by atoms with Crippen LogP contribution in [-0.4, -0.2) is 17.8 Å². The molecule has 2 aromatic carbocycles. The van der Waals surface area contributed by atoms with Crippen LogP contribution in [0.1, 0.15) is 36.2 Å². The third-order valence-corrected chi connectivity index (χ3v) is 3.47. The summed E-state index contributed by atoms with van der Waals surface area (Å²) < 4.78 is 5.62. The number of aryl methyl sites for hydroxylation is 1. The van der Waals surface area contributed by atoms with Gasteiger partial charge in [0.2, 0.25) is 0 Å². The average Bonchev–Trinajstić information content (AvgIpc) is 2.54. The second-order valence-corrected chi connectivity index (χ2v) is 5.42. The molecule has 0 saturated heterocycles. The van der Waals surface area contributed by atoms with Gasteiger partial charge in [0, 0.05) is 17.7 Å². The summed E-state index contributed by atoms with van der Waals surface area (Å²) in [4.78, 5) is 23.7. The first-order chi connectivity index (χ1) is 11.0. The lowest BCUT2D eigenvalue weighted by Gasteiger charge is -2.15. The van der Waals surface area contributed by atoms with E-state index in [-0.39, 0.29) is 11.7 Å². The van der Waals surface area contributed by atoms with Crippen molar-refractivity contribution in [1.29, 1.82) is 0 Å². The quantitative estimate of drug-likeness (QED) is 0.821. The van der Waals surface area contributed by atoms with Gasteiger partial charge in [-0.05, 0) is 55.8 Å². The first-order valence-corrected chi connectivity index (χ1v) is 7.67. The summed E-state index contributed by atoms with van der Waals surface area (Å²) in [7, 11) is 0. The summed E-state index contributed by atoms with van der Waals surface area (Å²) in [6, 6.07) is 14.4. The number of carbonyl (C=O) groups excluding carboxylic acids is 2. The highest BCUT2D eigenvalue weighted by Gasteiger charge is 2.15. The van der Waals surface area contributed by atoms with E-state index in [2.05, 4.69) is 5.32 Å². The van der Waals surface area contributed by atoms with E-state index < -0.39 is 6.10 Å². The molecule has 1 N–H and O–H groups in total. The van der Waals surface area contributed by atoms with E-state index in [1.807, 2.05) is 38.1 Å². The molecule has 0 radical (unpaired) electrons. The zero-order valence-corrected chi connectivity index (χ0v) is 13.6. The lowest BCUT2D eigenvalue weighted by Crippen LogP contribution is -2.30. The molecule has 1 atom stereocenters. The Labute approximate surface area is 136 Å². The Balaban J connectivity index is 1.96. The third kappa shape index (κ3) is 4.68. The van der Waals surface area contributed by atoms with Crippen molar-refractivity contribution >= 4 is 17.4 Å². The molecule has 0 unspecified atom stereocenters. The highest BCUT2D eigenvalue weighted by molar-refractivity contribution is 5.96. The molecule has 0 saturated carbocycles. The molecule has 4 heteroatoms. The molecule has 0 fully saturated rings. The predicted octanol–water partition coefficient (Wildman–Crippen LogP) is 3.99.